The number of aromatic nitrogens is 1. The predicted octanol–water partition coefficient (Wildman–Crippen LogP) is 2.77. The number of nitrogens with one attached hydrogen (secondary N) is 1. The van der Waals surface area contributed by atoms with Crippen molar-refractivity contribution in [3.05, 3.63) is 66.4 Å². The lowest BCUT2D eigenvalue weighted by Gasteiger charge is -2.09. The molecule has 4 nitrogen and oxygen atoms in total. The quantitative estimate of drug-likeness (QED) is 0.772. The molecule has 21 heavy (non-hydrogen) atoms. The Kier molecular flexibility index (Phi) is 3.71. The zero-order chi connectivity index (χ0) is 14.7. The second-order valence-electron chi connectivity index (χ2n) is 4.87. The van der Waals surface area contributed by atoms with Crippen molar-refractivity contribution in [3.63, 3.8) is 0 Å². The van der Waals surface area contributed by atoms with E-state index in [0.29, 0.717) is 0 Å². The lowest BCUT2D eigenvalue weighted by Crippen LogP contribution is -2.18. The summed E-state index contributed by atoms with van der Waals surface area (Å²) in [5, 5.41) is 13.3. The fourth-order valence-corrected chi connectivity index (χ4v) is 2.48. The van der Waals surface area contributed by atoms with Crippen LogP contribution in [0.4, 0.5) is 5.69 Å². The largest absolute Gasteiger partial charge is 0.392 e. The van der Waals surface area contributed by atoms with Gasteiger partial charge in [-0.05, 0) is 23.6 Å². The maximum atomic E-state index is 12.1. The molecular weight excluding hydrogens is 264 g/mol. The molecule has 106 valence electrons. The molecule has 0 aliphatic rings. The molecule has 0 fully saturated rings. The number of para-hydroxylation sites is 2. The summed E-state index contributed by atoms with van der Waals surface area (Å²) in [6.07, 6.45) is 1.87. The van der Waals surface area contributed by atoms with Gasteiger partial charge in [0, 0.05) is 17.4 Å². The molecule has 0 radical (unpaired) electrons. The van der Waals surface area contributed by atoms with Gasteiger partial charge in [0.15, 0.2) is 0 Å². The van der Waals surface area contributed by atoms with Gasteiger partial charge in [-0.1, -0.05) is 36.4 Å². The molecule has 1 heterocycles. The number of carbonyl (C=O) groups excluding carboxylic acids is 1. The maximum Gasteiger partial charge on any atom is 0.244 e. The van der Waals surface area contributed by atoms with Crippen LogP contribution in [-0.2, 0) is 17.9 Å². The standard InChI is InChI=1S/C17H16N2O2/c20-12-14-6-4-5-13-9-10-19(17(13)14)11-16(21)18-15-7-2-1-3-8-15/h1-10,20H,11-12H2,(H,18,21). The molecule has 0 bridgehead atoms. The second kappa shape index (κ2) is 5.81. The summed E-state index contributed by atoms with van der Waals surface area (Å²) in [6.45, 7) is 0.178. The first kappa shape index (κ1) is 13.4. The van der Waals surface area contributed by atoms with Crippen LogP contribution in [0.2, 0.25) is 0 Å². The third-order valence-electron chi connectivity index (χ3n) is 3.41. The van der Waals surface area contributed by atoms with E-state index in [1.165, 1.54) is 0 Å². The summed E-state index contributed by atoms with van der Waals surface area (Å²) in [7, 11) is 0. The van der Waals surface area contributed by atoms with Gasteiger partial charge >= 0.3 is 0 Å². The van der Waals surface area contributed by atoms with Crippen LogP contribution in [0.1, 0.15) is 5.56 Å². The molecule has 4 heteroatoms. The van der Waals surface area contributed by atoms with E-state index in [-0.39, 0.29) is 19.1 Å². The van der Waals surface area contributed by atoms with E-state index in [1.807, 2.05) is 65.4 Å². The molecule has 0 atom stereocenters. The molecule has 0 spiro atoms. The SMILES string of the molecule is O=C(Cn1ccc2cccc(CO)c21)Nc1ccccc1. The van der Waals surface area contributed by atoms with Gasteiger partial charge in [-0.25, -0.2) is 0 Å². The molecule has 2 aromatic carbocycles. The number of anilines is 1. The zero-order valence-corrected chi connectivity index (χ0v) is 11.5. The fraction of sp³-hybridized carbons (Fsp3) is 0.118. The Morgan fingerprint density at radius 2 is 1.86 bits per heavy atom. The van der Waals surface area contributed by atoms with E-state index in [0.717, 1.165) is 22.2 Å². The highest BCUT2D eigenvalue weighted by Gasteiger charge is 2.09. The molecule has 3 aromatic rings. The maximum absolute atomic E-state index is 12.1. The van der Waals surface area contributed by atoms with Gasteiger partial charge in [0.25, 0.3) is 0 Å². The Morgan fingerprint density at radius 3 is 2.62 bits per heavy atom. The predicted molar refractivity (Wildman–Crippen MR) is 82.9 cm³/mol. The highest BCUT2D eigenvalue weighted by atomic mass is 16.3. The topological polar surface area (TPSA) is 54.3 Å². The van der Waals surface area contributed by atoms with Crippen LogP contribution in [-0.4, -0.2) is 15.6 Å². The lowest BCUT2D eigenvalue weighted by molar-refractivity contribution is -0.116. The van der Waals surface area contributed by atoms with E-state index < -0.39 is 0 Å². The molecule has 0 saturated carbocycles. The Morgan fingerprint density at radius 1 is 1.05 bits per heavy atom. The number of carbonyl (C=O) groups is 1. The fourth-order valence-electron chi connectivity index (χ4n) is 2.48. The molecule has 1 aromatic heterocycles. The van der Waals surface area contributed by atoms with E-state index in [2.05, 4.69) is 5.32 Å². The molecular formula is C17H16N2O2. The number of aliphatic hydroxyl groups is 1. The molecule has 3 rings (SSSR count). The van der Waals surface area contributed by atoms with Gasteiger partial charge in [-0.3, -0.25) is 4.79 Å². The van der Waals surface area contributed by atoms with E-state index >= 15 is 0 Å². The number of benzene rings is 2. The monoisotopic (exact) mass is 280 g/mol. The molecule has 0 aliphatic heterocycles. The van der Waals surface area contributed by atoms with Crippen LogP contribution in [0.15, 0.2) is 60.8 Å². The average molecular weight is 280 g/mol. The molecule has 0 saturated heterocycles. The number of aliphatic hydroxyl groups excluding tert-OH is 1. The van der Waals surface area contributed by atoms with Crippen LogP contribution >= 0.6 is 0 Å². The highest BCUT2D eigenvalue weighted by molar-refractivity contribution is 5.92. The molecule has 0 aliphatic carbocycles. The summed E-state index contributed by atoms with van der Waals surface area (Å²) in [6, 6.07) is 17.1. The van der Waals surface area contributed by atoms with E-state index in [1.54, 1.807) is 0 Å². The van der Waals surface area contributed by atoms with Crippen LogP contribution < -0.4 is 5.32 Å². The van der Waals surface area contributed by atoms with Crippen LogP contribution in [0.3, 0.4) is 0 Å². The molecule has 0 unspecified atom stereocenters. The summed E-state index contributed by atoms with van der Waals surface area (Å²) in [4.78, 5) is 12.1. The summed E-state index contributed by atoms with van der Waals surface area (Å²) in [5.74, 6) is -0.0913. The van der Waals surface area contributed by atoms with Gasteiger partial charge in [0.2, 0.25) is 5.91 Å². The van der Waals surface area contributed by atoms with Crippen molar-refractivity contribution in [2.24, 2.45) is 0 Å². The summed E-state index contributed by atoms with van der Waals surface area (Å²) >= 11 is 0. The average Bonchev–Trinajstić information content (AvgIpc) is 2.91. The number of hydrogen-bond acceptors (Lipinski definition) is 2. The van der Waals surface area contributed by atoms with Crippen molar-refractivity contribution in [1.29, 1.82) is 0 Å². The van der Waals surface area contributed by atoms with Crippen molar-refractivity contribution in [3.8, 4) is 0 Å². The van der Waals surface area contributed by atoms with Crippen molar-refractivity contribution >= 4 is 22.5 Å². The van der Waals surface area contributed by atoms with Gasteiger partial charge in [0.1, 0.15) is 6.54 Å². The van der Waals surface area contributed by atoms with Gasteiger partial charge in [0.05, 0.1) is 12.1 Å². The van der Waals surface area contributed by atoms with E-state index in [9.17, 15) is 9.90 Å². The van der Waals surface area contributed by atoms with Crippen LogP contribution in [0.25, 0.3) is 10.9 Å². The summed E-state index contributed by atoms with van der Waals surface area (Å²) in [5.41, 5.74) is 2.51. The number of amides is 1. The Labute approximate surface area is 122 Å². The van der Waals surface area contributed by atoms with Crippen molar-refractivity contribution in [1.82, 2.24) is 4.57 Å². The Hall–Kier alpha value is -2.59. The van der Waals surface area contributed by atoms with Gasteiger partial charge in [-0.2, -0.15) is 0 Å². The minimum atomic E-state index is -0.0913. The smallest absolute Gasteiger partial charge is 0.244 e. The van der Waals surface area contributed by atoms with Crippen LogP contribution in [0, 0.1) is 0 Å². The molecule has 2 N–H and O–H groups in total. The second-order valence-corrected chi connectivity index (χ2v) is 4.87. The zero-order valence-electron chi connectivity index (χ0n) is 11.5. The first-order valence-electron chi connectivity index (χ1n) is 6.80. The third kappa shape index (κ3) is 2.80. The van der Waals surface area contributed by atoms with Gasteiger partial charge in [-0.15, -0.1) is 0 Å². The van der Waals surface area contributed by atoms with Crippen molar-refractivity contribution in [2.45, 2.75) is 13.2 Å². The normalized spacial score (nSPS) is 10.7. The van der Waals surface area contributed by atoms with E-state index in [4.69, 9.17) is 0 Å². The minimum absolute atomic E-state index is 0.0400. The number of hydrogen-bond donors (Lipinski definition) is 2. The number of rotatable bonds is 4. The summed E-state index contributed by atoms with van der Waals surface area (Å²) < 4.78 is 1.86. The Bertz CT molecular complexity index is 763. The van der Waals surface area contributed by atoms with Crippen molar-refractivity contribution in [2.75, 3.05) is 5.32 Å². The minimum Gasteiger partial charge on any atom is -0.392 e. The third-order valence-corrected chi connectivity index (χ3v) is 3.41. The van der Waals surface area contributed by atoms with Crippen molar-refractivity contribution < 1.29 is 9.90 Å². The van der Waals surface area contributed by atoms with Crippen LogP contribution in [0.5, 0.6) is 0 Å². The highest BCUT2D eigenvalue weighted by Crippen LogP contribution is 2.20. The number of nitrogens with zero attached hydrogens (tertiary/aromatic N) is 1. The molecule has 1 amide bonds. The first-order chi connectivity index (χ1) is 10.3. The van der Waals surface area contributed by atoms with Gasteiger partial charge < -0.3 is 15.0 Å². The Balaban J connectivity index is 1.83. The first-order valence-corrected chi connectivity index (χ1v) is 6.80. The lowest BCUT2D eigenvalue weighted by atomic mass is 10.1. The number of fused-ring (bicyclic) bond motifs is 1.